The average molecular weight is 361 g/mol. The smallest absolute Gasteiger partial charge is 0.231 e. The maximum Gasteiger partial charge on any atom is 0.231 e. The van der Waals surface area contributed by atoms with Gasteiger partial charge in [-0.1, -0.05) is 6.07 Å². The van der Waals surface area contributed by atoms with Crippen LogP contribution in [0, 0.1) is 0 Å². The van der Waals surface area contributed by atoms with Gasteiger partial charge in [-0.2, -0.15) is 0 Å². The van der Waals surface area contributed by atoms with Gasteiger partial charge >= 0.3 is 0 Å². The van der Waals surface area contributed by atoms with Crippen molar-refractivity contribution in [3.8, 4) is 11.5 Å². The lowest BCUT2D eigenvalue weighted by Crippen LogP contribution is -2.53. The number of hydrogen-bond donors (Lipinski definition) is 1. The molecule has 0 radical (unpaired) electrons. The van der Waals surface area contributed by atoms with Gasteiger partial charge < -0.3 is 29.2 Å². The molecule has 2 atom stereocenters. The summed E-state index contributed by atoms with van der Waals surface area (Å²) in [6, 6.07) is 5.99. The summed E-state index contributed by atoms with van der Waals surface area (Å²) >= 11 is 0. The maximum absolute atomic E-state index is 5.95. The fourth-order valence-electron chi connectivity index (χ4n) is 3.62. The van der Waals surface area contributed by atoms with Gasteiger partial charge in [0.25, 0.3) is 0 Å². The molecule has 0 bridgehead atoms. The summed E-state index contributed by atoms with van der Waals surface area (Å²) in [7, 11) is 0. The summed E-state index contributed by atoms with van der Waals surface area (Å²) in [5.41, 5.74) is 1.11. The highest BCUT2D eigenvalue weighted by molar-refractivity contribution is 5.80. The quantitative estimate of drug-likeness (QED) is 0.651. The topological polar surface area (TPSA) is 64.6 Å². The maximum atomic E-state index is 5.95. The zero-order valence-corrected chi connectivity index (χ0v) is 15.3. The number of nitrogens with one attached hydrogen (secondary N) is 1. The molecule has 7 nitrogen and oxygen atoms in total. The van der Waals surface area contributed by atoms with Crippen molar-refractivity contribution in [1.29, 1.82) is 0 Å². The number of hydrogen-bond acceptors (Lipinski definition) is 5. The van der Waals surface area contributed by atoms with E-state index >= 15 is 0 Å². The molecule has 3 aliphatic heterocycles. The van der Waals surface area contributed by atoms with Crippen LogP contribution >= 0.6 is 0 Å². The molecule has 7 heteroatoms. The SMILES string of the molecule is CCNC(=NCc1ccc2c(c1)OCO2)N1CCOC(C2CCCO2)C1. The van der Waals surface area contributed by atoms with Crippen molar-refractivity contribution < 1.29 is 18.9 Å². The third-order valence-corrected chi connectivity index (χ3v) is 4.96. The second-order valence-corrected chi connectivity index (χ2v) is 6.76. The molecule has 0 aromatic heterocycles. The summed E-state index contributed by atoms with van der Waals surface area (Å²) in [6.07, 6.45) is 2.56. The minimum absolute atomic E-state index is 0.126. The number of rotatable bonds is 4. The van der Waals surface area contributed by atoms with Crippen LogP contribution in [0.3, 0.4) is 0 Å². The monoisotopic (exact) mass is 361 g/mol. The van der Waals surface area contributed by atoms with E-state index in [9.17, 15) is 0 Å². The van der Waals surface area contributed by atoms with E-state index in [1.54, 1.807) is 0 Å². The summed E-state index contributed by atoms with van der Waals surface area (Å²) in [5.74, 6) is 2.53. The Hall–Kier alpha value is -1.99. The number of guanidine groups is 1. The molecule has 0 aliphatic carbocycles. The van der Waals surface area contributed by atoms with E-state index in [1.807, 2.05) is 18.2 Å². The summed E-state index contributed by atoms with van der Waals surface area (Å²) in [4.78, 5) is 7.12. The first-order valence-corrected chi connectivity index (χ1v) is 9.48. The van der Waals surface area contributed by atoms with Crippen molar-refractivity contribution in [3.05, 3.63) is 23.8 Å². The molecule has 2 fully saturated rings. The molecule has 1 aromatic carbocycles. The molecule has 3 aliphatic rings. The number of morpholine rings is 1. The van der Waals surface area contributed by atoms with Crippen LogP contribution in [0.25, 0.3) is 0 Å². The molecule has 1 N–H and O–H groups in total. The van der Waals surface area contributed by atoms with E-state index in [0.29, 0.717) is 19.9 Å². The second-order valence-electron chi connectivity index (χ2n) is 6.76. The van der Waals surface area contributed by atoms with Crippen molar-refractivity contribution >= 4 is 5.96 Å². The summed E-state index contributed by atoms with van der Waals surface area (Å²) < 4.78 is 22.6. The number of aliphatic imine (C=N–C) groups is 1. The Morgan fingerprint density at radius 1 is 1.19 bits per heavy atom. The molecule has 0 amide bonds. The number of ether oxygens (including phenoxy) is 4. The Bertz CT molecular complexity index is 646. The second kappa shape index (κ2) is 8.14. The fourth-order valence-corrected chi connectivity index (χ4v) is 3.62. The fraction of sp³-hybridized carbons (Fsp3) is 0.632. The zero-order chi connectivity index (χ0) is 17.8. The average Bonchev–Trinajstić information content (AvgIpc) is 3.36. The van der Waals surface area contributed by atoms with Gasteiger partial charge in [-0.25, -0.2) is 4.99 Å². The molecule has 3 heterocycles. The molecule has 2 unspecified atom stereocenters. The highest BCUT2D eigenvalue weighted by atomic mass is 16.7. The van der Waals surface area contributed by atoms with E-state index in [-0.39, 0.29) is 12.2 Å². The lowest BCUT2D eigenvalue weighted by atomic mass is 10.1. The van der Waals surface area contributed by atoms with Gasteiger partial charge in [-0.3, -0.25) is 0 Å². The first kappa shape index (κ1) is 17.4. The minimum atomic E-state index is 0.126. The van der Waals surface area contributed by atoms with Crippen LogP contribution in [0.5, 0.6) is 11.5 Å². The van der Waals surface area contributed by atoms with E-state index < -0.39 is 0 Å². The molecule has 26 heavy (non-hydrogen) atoms. The van der Waals surface area contributed by atoms with E-state index in [1.165, 1.54) is 0 Å². The van der Waals surface area contributed by atoms with Crippen molar-refractivity contribution in [2.45, 2.75) is 38.5 Å². The lowest BCUT2D eigenvalue weighted by Gasteiger charge is -2.37. The van der Waals surface area contributed by atoms with Gasteiger partial charge in [-0.15, -0.1) is 0 Å². The van der Waals surface area contributed by atoms with Crippen molar-refractivity contribution in [1.82, 2.24) is 10.2 Å². The predicted octanol–water partition coefficient (Wildman–Crippen LogP) is 1.76. The lowest BCUT2D eigenvalue weighted by molar-refractivity contribution is -0.0817. The molecule has 4 rings (SSSR count). The highest BCUT2D eigenvalue weighted by Gasteiger charge is 2.32. The van der Waals surface area contributed by atoms with Crippen LogP contribution in [-0.4, -0.2) is 62.7 Å². The Labute approximate surface area is 154 Å². The minimum Gasteiger partial charge on any atom is -0.454 e. The van der Waals surface area contributed by atoms with Crippen LogP contribution in [0.1, 0.15) is 25.3 Å². The molecule has 0 saturated carbocycles. The Morgan fingerprint density at radius 2 is 2.08 bits per heavy atom. The third-order valence-electron chi connectivity index (χ3n) is 4.96. The standard InChI is InChI=1S/C19H27N3O4/c1-2-20-19(21-11-14-5-6-16-17(10-14)26-13-25-16)22-7-9-24-18(12-22)15-4-3-8-23-15/h5-6,10,15,18H,2-4,7-9,11-13H2,1H3,(H,20,21). The van der Waals surface area contributed by atoms with Crippen LogP contribution in [-0.2, 0) is 16.0 Å². The van der Waals surface area contributed by atoms with Gasteiger partial charge in [0.2, 0.25) is 6.79 Å². The van der Waals surface area contributed by atoms with Gasteiger partial charge in [0.05, 0.1) is 19.3 Å². The van der Waals surface area contributed by atoms with Gasteiger partial charge in [0, 0.05) is 26.2 Å². The van der Waals surface area contributed by atoms with E-state index in [0.717, 1.165) is 62.1 Å². The van der Waals surface area contributed by atoms with Gasteiger partial charge in [0.15, 0.2) is 17.5 Å². The largest absolute Gasteiger partial charge is 0.454 e. The van der Waals surface area contributed by atoms with Crippen molar-refractivity contribution in [2.24, 2.45) is 4.99 Å². The molecule has 1 aromatic rings. The normalized spacial score (nSPS) is 25.6. The van der Waals surface area contributed by atoms with E-state index in [4.69, 9.17) is 23.9 Å². The summed E-state index contributed by atoms with van der Waals surface area (Å²) in [5, 5.41) is 3.41. The molecule has 142 valence electrons. The summed E-state index contributed by atoms with van der Waals surface area (Å²) in [6.45, 7) is 7.04. The predicted molar refractivity (Wildman–Crippen MR) is 97.7 cm³/mol. The van der Waals surface area contributed by atoms with Crippen LogP contribution < -0.4 is 14.8 Å². The molecular formula is C19H27N3O4. The zero-order valence-electron chi connectivity index (χ0n) is 15.3. The third kappa shape index (κ3) is 3.88. The van der Waals surface area contributed by atoms with Gasteiger partial charge in [-0.05, 0) is 37.5 Å². The number of benzene rings is 1. The van der Waals surface area contributed by atoms with Crippen molar-refractivity contribution in [2.75, 3.05) is 39.6 Å². The van der Waals surface area contributed by atoms with Crippen molar-refractivity contribution in [3.63, 3.8) is 0 Å². The number of nitrogens with zero attached hydrogens (tertiary/aromatic N) is 2. The Kier molecular flexibility index (Phi) is 5.45. The van der Waals surface area contributed by atoms with Crippen LogP contribution in [0.15, 0.2) is 23.2 Å². The molecule has 0 spiro atoms. The first-order chi connectivity index (χ1) is 12.8. The highest BCUT2D eigenvalue weighted by Crippen LogP contribution is 2.32. The Morgan fingerprint density at radius 3 is 2.92 bits per heavy atom. The van der Waals surface area contributed by atoms with Crippen LogP contribution in [0.4, 0.5) is 0 Å². The Balaban J connectivity index is 1.43. The van der Waals surface area contributed by atoms with Crippen LogP contribution in [0.2, 0.25) is 0 Å². The van der Waals surface area contributed by atoms with E-state index in [2.05, 4.69) is 17.1 Å². The van der Waals surface area contributed by atoms with Gasteiger partial charge in [0.1, 0.15) is 6.10 Å². The first-order valence-electron chi connectivity index (χ1n) is 9.48. The number of fused-ring (bicyclic) bond motifs is 1. The molecule has 2 saturated heterocycles. The molecular weight excluding hydrogens is 334 g/mol.